The third-order valence-corrected chi connectivity index (χ3v) is 4.70. The predicted octanol–water partition coefficient (Wildman–Crippen LogP) is 3.72. The maximum Gasteiger partial charge on any atom is 0.269 e. The molecular weight excluding hydrogens is 410 g/mol. The van der Waals surface area contributed by atoms with E-state index in [-0.39, 0.29) is 30.9 Å². The third kappa shape index (κ3) is 5.17. The van der Waals surface area contributed by atoms with Crippen LogP contribution >= 0.6 is 15.9 Å². The van der Waals surface area contributed by atoms with Crippen molar-refractivity contribution in [3.8, 4) is 0 Å². The summed E-state index contributed by atoms with van der Waals surface area (Å²) in [4.78, 5) is 29.6. The second-order valence-corrected chi connectivity index (χ2v) is 7.18. The number of amides is 2. The van der Waals surface area contributed by atoms with Gasteiger partial charge in [0.05, 0.1) is 0 Å². The van der Waals surface area contributed by atoms with E-state index in [0.29, 0.717) is 12.1 Å². The number of nitrogens with zero attached hydrogens (tertiary/aromatic N) is 1. The topological polar surface area (TPSA) is 79.8 Å². The van der Waals surface area contributed by atoms with Gasteiger partial charge >= 0.3 is 0 Å². The van der Waals surface area contributed by atoms with Crippen molar-refractivity contribution in [2.45, 2.75) is 25.9 Å². The maximum absolute atomic E-state index is 12.2. The van der Waals surface area contributed by atoms with E-state index in [4.69, 9.17) is 4.84 Å². The minimum atomic E-state index is -0.305. The average Bonchev–Trinajstić information content (AvgIpc) is 3.15. The zero-order chi connectivity index (χ0) is 19.2. The van der Waals surface area contributed by atoms with Gasteiger partial charge in [0, 0.05) is 29.5 Å². The zero-order valence-corrected chi connectivity index (χ0v) is 16.5. The number of carbonyl (C=O) groups excluding carboxylic acids is 2. The van der Waals surface area contributed by atoms with Gasteiger partial charge < -0.3 is 15.5 Å². The van der Waals surface area contributed by atoms with Gasteiger partial charge in [-0.05, 0) is 36.2 Å². The quantitative estimate of drug-likeness (QED) is 0.733. The van der Waals surface area contributed by atoms with Crippen LogP contribution in [0, 0.1) is 6.92 Å². The second-order valence-electron chi connectivity index (χ2n) is 6.26. The highest BCUT2D eigenvalue weighted by Gasteiger charge is 2.27. The van der Waals surface area contributed by atoms with Gasteiger partial charge in [0.1, 0.15) is 5.71 Å². The average molecular weight is 430 g/mol. The molecule has 0 radical (unpaired) electrons. The molecule has 2 aromatic rings. The molecule has 0 spiro atoms. The minimum Gasteiger partial charge on any atom is -0.387 e. The number of halogens is 1. The van der Waals surface area contributed by atoms with E-state index < -0.39 is 0 Å². The van der Waals surface area contributed by atoms with Crippen LogP contribution in [0.3, 0.4) is 0 Å². The summed E-state index contributed by atoms with van der Waals surface area (Å²) in [5.74, 6) is -0.464. The second kappa shape index (κ2) is 8.81. The lowest BCUT2D eigenvalue weighted by atomic mass is 10.0. The van der Waals surface area contributed by atoms with Crippen LogP contribution in [-0.2, 0) is 14.4 Å². The van der Waals surface area contributed by atoms with E-state index in [1.54, 1.807) is 0 Å². The van der Waals surface area contributed by atoms with Crippen molar-refractivity contribution in [3.63, 3.8) is 0 Å². The summed E-state index contributed by atoms with van der Waals surface area (Å²) in [6, 6.07) is 15.3. The molecule has 2 aromatic carbocycles. The molecule has 0 aromatic heterocycles. The van der Waals surface area contributed by atoms with Crippen LogP contribution < -0.4 is 10.6 Å². The number of oxime groups is 1. The molecule has 6 nitrogen and oxygen atoms in total. The Balaban J connectivity index is 1.42. The number of carbonyl (C=O) groups is 2. The molecule has 0 saturated carbocycles. The van der Waals surface area contributed by atoms with Gasteiger partial charge in [0.2, 0.25) is 5.91 Å². The molecule has 1 aliphatic rings. The lowest BCUT2D eigenvalue weighted by Gasteiger charge is -2.09. The Hall–Kier alpha value is -2.67. The molecular formula is C20H20BrN3O3. The molecule has 2 N–H and O–H groups in total. The Labute approximate surface area is 166 Å². The van der Waals surface area contributed by atoms with Crippen LogP contribution in [0.15, 0.2) is 58.2 Å². The molecule has 3 rings (SSSR count). The Bertz CT molecular complexity index is 868. The zero-order valence-electron chi connectivity index (χ0n) is 14.9. The van der Waals surface area contributed by atoms with E-state index >= 15 is 0 Å². The summed E-state index contributed by atoms with van der Waals surface area (Å²) < 4.78 is 0.957. The molecule has 0 aliphatic carbocycles. The first-order valence-electron chi connectivity index (χ1n) is 8.65. The summed E-state index contributed by atoms with van der Waals surface area (Å²) in [6.07, 6.45) is 0.355. The molecule has 1 unspecified atom stereocenters. The molecule has 27 heavy (non-hydrogen) atoms. The van der Waals surface area contributed by atoms with Crippen molar-refractivity contribution in [2.24, 2.45) is 5.16 Å². The van der Waals surface area contributed by atoms with Gasteiger partial charge in [-0.15, -0.1) is 0 Å². The highest BCUT2D eigenvalue weighted by Crippen LogP contribution is 2.26. The van der Waals surface area contributed by atoms with Crippen molar-refractivity contribution in [1.29, 1.82) is 0 Å². The van der Waals surface area contributed by atoms with Crippen LogP contribution in [0.4, 0.5) is 5.69 Å². The van der Waals surface area contributed by atoms with Crippen LogP contribution in [-0.4, -0.2) is 24.1 Å². The van der Waals surface area contributed by atoms with Crippen LogP contribution in [0.1, 0.15) is 30.1 Å². The van der Waals surface area contributed by atoms with Gasteiger partial charge in [0.15, 0.2) is 6.10 Å². The van der Waals surface area contributed by atoms with E-state index in [9.17, 15) is 9.59 Å². The molecule has 2 amide bonds. The van der Waals surface area contributed by atoms with Crippen molar-refractivity contribution in [2.75, 3.05) is 11.9 Å². The number of aryl methyl sites for hydroxylation is 1. The summed E-state index contributed by atoms with van der Waals surface area (Å²) in [7, 11) is 0. The van der Waals surface area contributed by atoms with Gasteiger partial charge in [-0.3, -0.25) is 9.59 Å². The van der Waals surface area contributed by atoms with Gasteiger partial charge in [-0.2, -0.15) is 0 Å². The van der Waals surface area contributed by atoms with E-state index in [1.165, 1.54) is 0 Å². The fourth-order valence-corrected chi connectivity index (χ4v) is 3.21. The summed E-state index contributed by atoms with van der Waals surface area (Å²) in [6.45, 7) is 2.15. The Kier molecular flexibility index (Phi) is 6.24. The summed E-state index contributed by atoms with van der Waals surface area (Å²) in [5.41, 5.74) is 3.04. The largest absolute Gasteiger partial charge is 0.387 e. The van der Waals surface area contributed by atoms with Crippen molar-refractivity contribution >= 4 is 39.1 Å². The smallest absolute Gasteiger partial charge is 0.269 e. The van der Waals surface area contributed by atoms with Gasteiger partial charge in [-0.1, -0.05) is 51.4 Å². The Morgan fingerprint density at radius 3 is 2.74 bits per heavy atom. The first-order chi connectivity index (χ1) is 13.0. The van der Waals surface area contributed by atoms with Crippen molar-refractivity contribution in [1.82, 2.24) is 5.32 Å². The van der Waals surface area contributed by atoms with E-state index in [1.807, 2.05) is 55.5 Å². The Morgan fingerprint density at radius 1 is 1.22 bits per heavy atom. The standard InChI is InChI=1S/C20H20BrN3O3/c1-13-11-15(21)7-8-16(13)23-19(25)9-10-22-20(26)17-12-18(27-24-17)14-5-3-2-4-6-14/h2-8,11,18H,9-10,12H2,1H3,(H,22,26)(H,23,25). The van der Waals surface area contributed by atoms with Crippen molar-refractivity contribution in [3.05, 3.63) is 64.1 Å². The number of benzene rings is 2. The lowest BCUT2D eigenvalue weighted by Crippen LogP contribution is -2.33. The molecule has 0 bridgehead atoms. The number of rotatable bonds is 6. The van der Waals surface area contributed by atoms with Gasteiger partial charge in [0.25, 0.3) is 5.91 Å². The normalized spacial score (nSPS) is 15.6. The predicted molar refractivity (Wildman–Crippen MR) is 107 cm³/mol. The van der Waals surface area contributed by atoms with Crippen LogP contribution in [0.25, 0.3) is 0 Å². The molecule has 1 heterocycles. The van der Waals surface area contributed by atoms with Crippen LogP contribution in [0.5, 0.6) is 0 Å². The molecule has 0 fully saturated rings. The number of anilines is 1. The maximum atomic E-state index is 12.2. The number of nitrogens with one attached hydrogen (secondary N) is 2. The number of hydrogen-bond donors (Lipinski definition) is 2. The van der Waals surface area contributed by atoms with E-state index in [2.05, 4.69) is 31.7 Å². The number of hydrogen-bond acceptors (Lipinski definition) is 4. The molecule has 1 aliphatic heterocycles. The highest BCUT2D eigenvalue weighted by atomic mass is 79.9. The first-order valence-corrected chi connectivity index (χ1v) is 9.44. The SMILES string of the molecule is Cc1cc(Br)ccc1NC(=O)CCNC(=O)C1=NOC(c2ccccc2)C1. The molecule has 7 heteroatoms. The van der Waals surface area contributed by atoms with Gasteiger partial charge in [-0.25, -0.2) is 0 Å². The first kappa shape index (κ1) is 19.1. The minimum absolute atomic E-state index is 0.160. The van der Waals surface area contributed by atoms with Crippen molar-refractivity contribution < 1.29 is 14.4 Å². The molecule has 0 saturated heterocycles. The van der Waals surface area contributed by atoms with Crippen LogP contribution in [0.2, 0.25) is 0 Å². The molecule has 1 atom stereocenters. The lowest BCUT2D eigenvalue weighted by molar-refractivity contribution is -0.116. The summed E-state index contributed by atoms with van der Waals surface area (Å²) >= 11 is 3.39. The van der Waals surface area contributed by atoms with E-state index in [0.717, 1.165) is 21.3 Å². The monoisotopic (exact) mass is 429 g/mol. The third-order valence-electron chi connectivity index (χ3n) is 4.20. The fourth-order valence-electron chi connectivity index (χ4n) is 2.73. The highest BCUT2D eigenvalue weighted by molar-refractivity contribution is 9.10. The molecule has 140 valence electrons. The Morgan fingerprint density at radius 2 is 2.00 bits per heavy atom. The fraction of sp³-hybridized carbons (Fsp3) is 0.250. The summed E-state index contributed by atoms with van der Waals surface area (Å²) in [5, 5.41) is 9.44.